The lowest BCUT2D eigenvalue weighted by atomic mass is 9.86. The normalized spacial score (nSPS) is 37.6. The van der Waals surface area contributed by atoms with Gasteiger partial charge in [-0.05, 0) is 45.8 Å². The highest BCUT2D eigenvalue weighted by Gasteiger charge is 2.44. The van der Waals surface area contributed by atoms with Crippen molar-refractivity contribution in [2.75, 3.05) is 26.7 Å². The van der Waals surface area contributed by atoms with Gasteiger partial charge in [0, 0.05) is 18.1 Å². The lowest BCUT2D eigenvalue weighted by molar-refractivity contribution is -0.124. The fourth-order valence-corrected chi connectivity index (χ4v) is 3.65. The smallest absolute Gasteiger partial charge is 0.224 e. The molecular formula is C13H23N3O. The summed E-state index contributed by atoms with van der Waals surface area (Å²) in [5, 5.41) is 7.01. The molecule has 2 saturated heterocycles. The van der Waals surface area contributed by atoms with Gasteiger partial charge in [0.25, 0.3) is 0 Å². The van der Waals surface area contributed by atoms with Crippen molar-refractivity contribution in [2.24, 2.45) is 5.92 Å². The number of amides is 1. The van der Waals surface area contributed by atoms with E-state index in [-0.39, 0.29) is 17.4 Å². The Balaban J connectivity index is 1.76. The van der Waals surface area contributed by atoms with Gasteiger partial charge in [0.05, 0.1) is 5.92 Å². The van der Waals surface area contributed by atoms with Crippen LogP contribution in [0.5, 0.6) is 0 Å². The second kappa shape index (κ2) is 4.25. The zero-order valence-electron chi connectivity index (χ0n) is 10.7. The van der Waals surface area contributed by atoms with Gasteiger partial charge in [-0.2, -0.15) is 0 Å². The van der Waals surface area contributed by atoms with Crippen molar-refractivity contribution in [3.8, 4) is 0 Å². The van der Waals surface area contributed by atoms with Gasteiger partial charge in [-0.1, -0.05) is 6.42 Å². The van der Waals surface area contributed by atoms with Crippen LogP contribution in [0, 0.1) is 5.92 Å². The number of hydrogen-bond acceptors (Lipinski definition) is 3. The summed E-state index contributed by atoms with van der Waals surface area (Å²) in [5.41, 5.74) is 0.173. The maximum atomic E-state index is 12.0. The van der Waals surface area contributed by atoms with Crippen molar-refractivity contribution in [3.63, 3.8) is 0 Å². The fourth-order valence-electron chi connectivity index (χ4n) is 3.65. The third-order valence-electron chi connectivity index (χ3n) is 4.89. The number of hydrogen-bond donors (Lipinski definition) is 2. The van der Waals surface area contributed by atoms with E-state index in [1.165, 1.54) is 12.8 Å². The molecule has 0 radical (unpaired) electrons. The largest absolute Gasteiger partial charge is 0.354 e. The molecule has 0 aromatic heterocycles. The Morgan fingerprint density at radius 3 is 2.82 bits per heavy atom. The van der Waals surface area contributed by atoms with Gasteiger partial charge in [-0.25, -0.2) is 0 Å². The molecule has 2 unspecified atom stereocenters. The average Bonchev–Trinajstić information content (AvgIpc) is 2.73. The van der Waals surface area contributed by atoms with Gasteiger partial charge < -0.3 is 15.5 Å². The van der Waals surface area contributed by atoms with Gasteiger partial charge in [-0.15, -0.1) is 0 Å². The molecule has 17 heavy (non-hydrogen) atoms. The topological polar surface area (TPSA) is 44.4 Å². The lowest BCUT2D eigenvalue weighted by Gasteiger charge is -2.42. The maximum Gasteiger partial charge on any atom is 0.224 e. The highest BCUT2D eigenvalue weighted by molar-refractivity contribution is 5.80. The molecule has 0 aromatic rings. The summed E-state index contributed by atoms with van der Waals surface area (Å²) in [6.07, 6.45) is 5.76. The molecule has 0 aromatic carbocycles. The van der Waals surface area contributed by atoms with Crippen LogP contribution in [0.2, 0.25) is 0 Å². The number of carbonyl (C=O) groups is 1. The van der Waals surface area contributed by atoms with E-state index in [1.807, 2.05) is 0 Å². The number of likely N-dealkylation sites (tertiary alicyclic amines) is 1. The second-order valence-corrected chi connectivity index (χ2v) is 6.09. The molecule has 2 N–H and O–H groups in total. The Kier molecular flexibility index (Phi) is 2.87. The molecule has 4 nitrogen and oxygen atoms in total. The Morgan fingerprint density at radius 2 is 2.06 bits per heavy atom. The van der Waals surface area contributed by atoms with E-state index in [0.717, 1.165) is 38.9 Å². The number of fused-ring (bicyclic) bond motifs is 1. The minimum Gasteiger partial charge on any atom is -0.354 e. The van der Waals surface area contributed by atoms with Gasteiger partial charge in [0.2, 0.25) is 5.91 Å². The molecular weight excluding hydrogens is 214 g/mol. The summed E-state index contributed by atoms with van der Waals surface area (Å²) in [6, 6.07) is 0.431. The molecule has 96 valence electrons. The third-order valence-corrected chi connectivity index (χ3v) is 4.89. The van der Waals surface area contributed by atoms with Crippen LogP contribution in [0.1, 0.15) is 32.1 Å². The minimum atomic E-state index is 0.173. The molecule has 4 heteroatoms. The first kappa shape index (κ1) is 11.5. The van der Waals surface area contributed by atoms with Crippen LogP contribution in [0.3, 0.4) is 0 Å². The summed E-state index contributed by atoms with van der Waals surface area (Å²) in [5.74, 6) is 0.518. The van der Waals surface area contributed by atoms with E-state index in [1.54, 1.807) is 0 Å². The number of piperidine rings is 1. The molecule has 0 bridgehead atoms. The molecule has 1 spiro atoms. The monoisotopic (exact) mass is 237 g/mol. The van der Waals surface area contributed by atoms with Crippen molar-refractivity contribution < 1.29 is 4.79 Å². The van der Waals surface area contributed by atoms with E-state index >= 15 is 0 Å². The second-order valence-electron chi connectivity index (χ2n) is 6.09. The summed E-state index contributed by atoms with van der Waals surface area (Å²) >= 11 is 0. The van der Waals surface area contributed by atoms with Crippen LogP contribution in [0.4, 0.5) is 0 Å². The van der Waals surface area contributed by atoms with Crippen molar-refractivity contribution >= 4 is 5.91 Å². The number of rotatable bonds is 0. The number of carbonyl (C=O) groups excluding carboxylic acids is 1. The van der Waals surface area contributed by atoms with Gasteiger partial charge in [0.1, 0.15) is 0 Å². The highest BCUT2D eigenvalue weighted by Crippen LogP contribution is 2.32. The number of nitrogens with zero attached hydrogens (tertiary/aromatic N) is 1. The molecule has 2 atom stereocenters. The SMILES string of the molecule is CN1CCC2(CC1)CNC(=O)C1CCCC1N2. The molecule has 1 aliphatic carbocycles. The predicted molar refractivity (Wildman–Crippen MR) is 66.7 cm³/mol. The van der Waals surface area contributed by atoms with Crippen molar-refractivity contribution in [1.29, 1.82) is 0 Å². The first-order chi connectivity index (χ1) is 8.19. The first-order valence-corrected chi connectivity index (χ1v) is 6.93. The molecule has 2 aliphatic heterocycles. The average molecular weight is 237 g/mol. The van der Waals surface area contributed by atoms with Crippen molar-refractivity contribution in [1.82, 2.24) is 15.5 Å². The van der Waals surface area contributed by atoms with Crippen LogP contribution >= 0.6 is 0 Å². The fraction of sp³-hybridized carbons (Fsp3) is 0.923. The first-order valence-electron chi connectivity index (χ1n) is 6.93. The van der Waals surface area contributed by atoms with Gasteiger partial charge in [-0.3, -0.25) is 4.79 Å². The summed E-state index contributed by atoms with van der Waals surface area (Å²) in [4.78, 5) is 14.4. The standard InChI is InChI=1S/C13H23N3O/c1-16-7-5-13(6-8-16)9-14-12(17)10-3-2-4-11(10)15-13/h10-11,15H,2-9H2,1H3,(H,14,17). The summed E-state index contributed by atoms with van der Waals surface area (Å²) in [6.45, 7) is 3.10. The Labute approximate surface area is 103 Å². The van der Waals surface area contributed by atoms with Crippen molar-refractivity contribution in [3.05, 3.63) is 0 Å². The molecule has 1 amide bonds. The van der Waals surface area contributed by atoms with E-state index in [2.05, 4.69) is 22.6 Å². The van der Waals surface area contributed by atoms with Gasteiger partial charge >= 0.3 is 0 Å². The summed E-state index contributed by atoms with van der Waals surface area (Å²) in [7, 11) is 2.18. The van der Waals surface area contributed by atoms with Crippen LogP contribution in [0.15, 0.2) is 0 Å². The highest BCUT2D eigenvalue weighted by atomic mass is 16.2. The Bertz CT molecular complexity index is 310. The third kappa shape index (κ3) is 2.08. The van der Waals surface area contributed by atoms with E-state index in [0.29, 0.717) is 6.04 Å². The molecule has 3 rings (SSSR count). The van der Waals surface area contributed by atoms with Gasteiger partial charge in [0.15, 0.2) is 0 Å². The van der Waals surface area contributed by atoms with E-state index in [9.17, 15) is 4.79 Å². The predicted octanol–water partition coefficient (Wildman–Crippen LogP) is 0.339. The lowest BCUT2D eigenvalue weighted by Crippen LogP contribution is -2.58. The maximum absolute atomic E-state index is 12.0. The van der Waals surface area contributed by atoms with E-state index < -0.39 is 0 Å². The zero-order valence-corrected chi connectivity index (χ0v) is 10.7. The Hall–Kier alpha value is -0.610. The van der Waals surface area contributed by atoms with Crippen molar-refractivity contribution in [2.45, 2.75) is 43.7 Å². The number of nitrogens with one attached hydrogen (secondary N) is 2. The molecule has 2 heterocycles. The zero-order chi connectivity index (χ0) is 11.9. The minimum absolute atomic E-state index is 0.173. The summed E-state index contributed by atoms with van der Waals surface area (Å²) < 4.78 is 0. The quantitative estimate of drug-likeness (QED) is 0.638. The van der Waals surface area contributed by atoms with Crippen LogP contribution in [0.25, 0.3) is 0 Å². The molecule has 1 saturated carbocycles. The van der Waals surface area contributed by atoms with E-state index in [4.69, 9.17) is 0 Å². The van der Waals surface area contributed by atoms with Crippen LogP contribution in [-0.4, -0.2) is 49.1 Å². The van der Waals surface area contributed by atoms with Crippen LogP contribution < -0.4 is 10.6 Å². The molecule has 3 fully saturated rings. The Morgan fingerprint density at radius 1 is 1.29 bits per heavy atom. The van der Waals surface area contributed by atoms with Crippen LogP contribution in [-0.2, 0) is 4.79 Å². The molecule has 3 aliphatic rings.